The largest absolute Gasteiger partial charge is 0.497 e. The molecule has 1 amide bonds. The Balaban J connectivity index is 1.42. The SMILES string of the molecule is COC(=O)c1cc(OC)ccc1NC(=O)C1CCN(S(=O)(=O)c2ccc3c(c2)CCCC3)CC1. The van der Waals surface area contributed by atoms with Crippen molar-refractivity contribution in [2.24, 2.45) is 5.92 Å². The molecule has 0 atom stereocenters. The number of anilines is 1. The van der Waals surface area contributed by atoms with Crippen molar-refractivity contribution in [1.82, 2.24) is 4.31 Å². The normalized spacial score (nSPS) is 17.0. The second-order valence-electron chi connectivity index (χ2n) is 8.71. The van der Waals surface area contributed by atoms with Gasteiger partial charge in [-0.1, -0.05) is 6.07 Å². The van der Waals surface area contributed by atoms with Gasteiger partial charge in [0.2, 0.25) is 15.9 Å². The van der Waals surface area contributed by atoms with Gasteiger partial charge in [0.15, 0.2) is 0 Å². The molecular formula is C25H30N2O6S. The third-order valence-corrected chi connectivity index (χ3v) is 8.57. The van der Waals surface area contributed by atoms with E-state index in [-0.39, 0.29) is 30.5 Å². The molecule has 1 heterocycles. The van der Waals surface area contributed by atoms with Crippen molar-refractivity contribution in [2.45, 2.75) is 43.4 Å². The lowest BCUT2D eigenvalue weighted by molar-refractivity contribution is -0.120. The van der Waals surface area contributed by atoms with Crippen molar-refractivity contribution >= 4 is 27.6 Å². The van der Waals surface area contributed by atoms with Gasteiger partial charge in [-0.15, -0.1) is 0 Å². The topological polar surface area (TPSA) is 102 Å². The van der Waals surface area contributed by atoms with Crippen molar-refractivity contribution < 1.29 is 27.5 Å². The highest BCUT2D eigenvalue weighted by atomic mass is 32.2. The van der Waals surface area contributed by atoms with Crippen LogP contribution in [0.1, 0.15) is 47.2 Å². The summed E-state index contributed by atoms with van der Waals surface area (Å²) in [6.45, 7) is 0.536. The number of esters is 1. The zero-order chi connectivity index (χ0) is 24.3. The Morgan fingerprint density at radius 1 is 0.971 bits per heavy atom. The maximum Gasteiger partial charge on any atom is 0.340 e. The first-order chi connectivity index (χ1) is 16.3. The molecule has 8 nitrogen and oxygen atoms in total. The molecular weight excluding hydrogens is 456 g/mol. The number of nitrogens with zero attached hydrogens (tertiary/aromatic N) is 1. The highest BCUT2D eigenvalue weighted by molar-refractivity contribution is 7.89. The minimum Gasteiger partial charge on any atom is -0.497 e. The third-order valence-electron chi connectivity index (χ3n) is 6.67. The predicted molar refractivity (Wildman–Crippen MR) is 128 cm³/mol. The second kappa shape index (κ2) is 10.1. The molecule has 4 rings (SSSR count). The van der Waals surface area contributed by atoms with Crippen LogP contribution in [0.5, 0.6) is 5.75 Å². The predicted octanol–water partition coefficient (Wildman–Crippen LogP) is 3.40. The zero-order valence-electron chi connectivity index (χ0n) is 19.5. The van der Waals surface area contributed by atoms with Crippen LogP contribution in [0.2, 0.25) is 0 Å². The first-order valence-corrected chi connectivity index (χ1v) is 13.0. The summed E-state index contributed by atoms with van der Waals surface area (Å²) in [7, 11) is -0.849. The molecule has 34 heavy (non-hydrogen) atoms. The molecule has 1 N–H and O–H groups in total. The molecule has 1 aliphatic carbocycles. The van der Waals surface area contributed by atoms with Gasteiger partial charge in [0, 0.05) is 19.0 Å². The van der Waals surface area contributed by atoms with Gasteiger partial charge in [0.05, 0.1) is 30.4 Å². The minimum atomic E-state index is -3.61. The van der Waals surface area contributed by atoms with Crippen molar-refractivity contribution in [3.8, 4) is 5.75 Å². The number of nitrogens with one attached hydrogen (secondary N) is 1. The lowest BCUT2D eigenvalue weighted by atomic mass is 9.92. The lowest BCUT2D eigenvalue weighted by Crippen LogP contribution is -2.41. The van der Waals surface area contributed by atoms with Gasteiger partial charge in [0.25, 0.3) is 0 Å². The number of benzene rings is 2. The highest BCUT2D eigenvalue weighted by Crippen LogP contribution is 2.29. The number of methoxy groups -OCH3 is 2. The van der Waals surface area contributed by atoms with Crippen LogP contribution >= 0.6 is 0 Å². The van der Waals surface area contributed by atoms with Crippen molar-refractivity contribution in [2.75, 3.05) is 32.6 Å². The Morgan fingerprint density at radius 3 is 2.35 bits per heavy atom. The summed E-state index contributed by atoms with van der Waals surface area (Å²) in [5.74, 6) is -0.719. The number of rotatable bonds is 6. The fourth-order valence-electron chi connectivity index (χ4n) is 4.65. The summed E-state index contributed by atoms with van der Waals surface area (Å²) in [5.41, 5.74) is 2.90. The van der Waals surface area contributed by atoms with Gasteiger partial charge in [-0.05, 0) is 80.0 Å². The maximum absolute atomic E-state index is 13.2. The molecule has 0 spiro atoms. The second-order valence-corrected chi connectivity index (χ2v) is 10.6. The van der Waals surface area contributed by atoms with E-state index in [1.54, 1.807) is 18.2 Å². The Kier molecular flexibility index (Phi) is 7.23. The van der Waals surface area contributed by atoms with E-state index < -0.39 is 16.0 Å². The van der Waals surface area contributed by atoms with E-state index in [9.17, 15) is 18.0 Å². The number of amides is 1. The summed E-state index contributed by atoms with van der Waals surface area (Å²) in [4.78, 5) is 25.4. The number of aryl methyl sites for hydroxylation is 2. The molecule has 2 aromatic carbocycles. The molecule has 2 aliphatic rings. The quantitative estimate of drug-likeness (QED) is 0.628. The summed E-state index contributed by atoms with van der Waals surface area (Å²) in [6, 6.07) is 10.2. The van der Waals surface area contributed by atoms with E-state index in [1.807, 2.05) is 12.1 Å². The molecule has 1 fully saturated rings. The highest BCUT2D eigenvalue weighted by Gasteiger charge is 2.33. The molecule has 182 valence electrons. The average molecular weight is 487 g/mol. The fraction of sp³-hybridized carbons (Fsp3) is 0.440. The summed E-state index contributed by atoms with van der Waals surface area (Å²) in [6.07, 6.45) is 4.95. The number of sulfonamides is 1. The minimum absolute atomic E-state index is 0.197. The Hall–Kier alpha value is -2.91. The van der Waals surface area contributed by atoms with Crippen LogP contribution in [-0.2, 0) is 32.4 Å². The molecule has 1 aliphatic heterocycles. The van der Waals surface area contributed by atoms with Gasteiger partial charge < -0.3 is 14.8 Å². The van der Waals surface area contributed by atoms with Gasteiger partial charge in [-0.2, -0.15) is 4.31 Å². The summed E-state index contributed by atoms with van der Waals surface area (Å²) >= 11 is 0. The number of carbonyl (C=O) groups excluding carboxylic acids is 2. The van der Waals surface area contributed by atoms with Crippen molar-refractivity contribution in [3.63, 3.8) is 0 Å². The number of carbonyl (C=O) groups is 2. The van der Waals surface area contributed by atoms with Crippen LogP contribution < -0.4 is 10.1 Å². The number of ether oxygens (including phenoxy) is 2. The number of hydrogen-bond acceptors (Lipinski definition) is 6. The van der Waals surface area contributed by atoms with Gasteiger partial charge in [0.1, 0.15) is 5.75 Å². The molecule has 0 unspecified atom stereocenters. The zero-order valence-corrected chi connectivity index (χ0v) is 20.3. The van der Waals surface area contributed by atoms with E-state index >= 15 is 0 Å². The maximum atomic E-state index is 13.2. The van der Waals surface area contributed by atoms with Crippen molar-refractivity contribution in [3.05, 3.63) is 53.1 Å². The molecule has 0 radical (unpaired) electrons. The van der Waals surface area contributed by atoms with Gasteiger partial charge in [-0.25, -0.2) is 13.2 Å². The van der Waals surface area contributed by atoms with Crippen molar-refractivity contribution in [1.29, 1.82) is 0 Å². The van der Waals surface area contributed by atoms with E-state index in [0.717, 1.165) is 31.2 Å². The summed E-state index contributed by atoms with van der Waals surface area (Å²) in [5, 5.41) is 2.80. The smallest absolute Gasteiger partial charge is 0.340 e. The Labute approximate surface area is 200 Å². The van der Waals surface area contributed by atoms with E-state index in [1.165, 1.54) is 30.2 Å². The average Bonchev–Trinajstić information content (AvgIpc) is 2.88. The molecule has 1 saturated heterocycles. The Bertz CT molecular complexity index is 1190. The van der Waals surface area contributed by atoms with E-state index in [0.29, 0.717) is 29.2 Å². The number of piperidine rings is 1. The fourth-order valence-corrected chi connectivity index (χ4v) is 6.17. The van der Waals surface area contributed by atoms with Crippen LogP contribution in [0.3, 0.4) is 0 Å². The molecule has 2 aromatic rings. The van der Waals surface area contributed by atoms with Gasteiger partial charge in [-0.3, -0.25) is 4.79 Å². The van der Waals surface area contributed by atoms with Crippen LogP contribution in [0.4, 0.5) is 5.69 Å². The third kappa shape index (κ3) is 4.95. The molecule has 9 heteroatoms. The standard InChI is InChI=1S/C25H30N2O6S/c1-32-20-8-10-23(22(16-20)25(29)33-2)26-24(28)18-11-13-27(14-12-18)34(30,31)21-9-7-17-5-3-4-6-19(17)15-21/h7-10,15-16,18H,3-6,11-14H2,1-2H3,(H,26,28). The van der Waals surface area contributed by atoms with E-state index in [4.69, 9.17) is 9.47 Å². The van der Waals surface area contributed by atoms with Crippen LogP contribution in [0.25, 0.3) is 0 Å². The summed E-state index contributed by atoms with van der Waals surface area (Å²) < 4.78 is 37.9. The first kappa shape index (κ1) is 24.2. The monoisotopic (exact) mass is 486 g/mol. The number of fused-ring (bicyclic) bond motifs is 1. The van der Waals surface area contributed by atoms with Crippen LogP contribution in [0.15, 0.2) is 41.3 Å². The Morgan fingerprint density at radius 2 is 1.68 bits per heavy atom. The van der Waals surface area contributed by atoms with Gasteiger partial charge >= 0.3 is 5.97 Å². The number of hydrogen-bond donors (Lipinski definition) is 1. The van der Waals surface area contributed by atoms with Crippen LogP contribution in [0, 0.1) is 5.92 Å². The lowest BCUT2D eigenvalue weighted by Gasteiger charge is -2.31. The van der Waals surface area contributed by atoms with Crippen LogP contribution in [-0.4, -0.2) is 51.9 Å². The first-order valence-electron chi connectivity index (χ1n) is 11.5. The molecule has 0 aromatic heterocycles. The van der Waals surface area contributed by atoms with E-state index in [2.05, 4.69) is 5.32 Å². The molecule has 0 bridgehead atoms. The molecule has 0 saturated carbocycles.